The molecule has 0 unspecified atom stereocenters. The van der Waals surface area contributed by atoms with Gasteiger partial charge in [0.25, 0.3) is 0 Å². The number of carboxylic acid groups (broad SMARTS) is 1. The highest BCUT2D eigenvalue weighted by Crippen LogP contribution is 2.33. The Kier molecular flexibility index (Phi) is 7.17. The van der Waals surface area contributed by atoms with Gasteiger partial charge < -0.3 is 10.4 Å². The summed E-state index contributed by atoms with van der Waals surface area (Å²) in [6, 6.07) is 5.05. The highest BCUT2D eigenvalue weighted by atomic mass is 32.2. The molecule has 1 saturated carbocycles. The maximum absolute atomic E-state index is 13.0. The summed E-state index contributed by atoms with van der Waals surface area (Å²) < 4.78 is 25.7. The van der Waals surface area contributed by atoms with E-state index < -0.39 is 28.3 Å². The Morgan fingerprint density at radius 3 is 2.54 bits per heavy atom. The van der Waals surface area contributed by atoms with Gasteiger partial charge in [-0.25, -0.2) is 23.2 Å². The van der Waals surface area contributed by atoms with Gasteiger partial charge in [-0.15, -0.1) is 0 Å². The van der Waals surface area contributed by atoms with Crippen LogP contribution in [-0.2, 0) is 21.1 Å². The molecule has 0 radical (unpaired) electrons. The summed E-state index contributed by atoms with van der Waals surface area (Å²) in [5.74, 6) is -1.48. The third kappa shape index (κ3) is 5.52. The number of nitrogens with one attached hydrogen (secondary N) is 2. The molecule has 3 heterocycles. The van der Waals surface area contributed by atoms with E-state index in [4.69, 9.17) is 0 Å². The number of rotatable bonds is 8. The number of hydrogen-bond acceptors (Lipinski definition) is 9. The number of nitrogens with zero attached hydrogens (tertiary/aromatic N) is 3. The van der Waals surface area contributed by atoms with Gasteiger partial charge in [0.1, 0.15) is 0 Å². The van der Waals surface area contributed by atoms with Crippen molar-refractivity contribution in [3.63, 3.8) is 0 Å². The van der Waals surface area contributed by atoms with Crippen LogP contribution in [0.4, 0.5) is 15.6 Å². The van der Waals surface area contributed by atoms with Gasteiger partial charge in [0.05, 0.1) is 23.4 Å². The molecular formula is C22H21N5O6S2. The van der Waals surface area contributed by atoms with Gasteiger partial charge in [0.15, 0.2) is 20.1 Å². The summed E-state index contributed by atoms with van der Waals surface area (Å²) >= 11 is 0.619. The number of aromatic nitrogens is 3. The quantitative estimate of drug-likeness (QED) is 0.381. The first kappa shape index (κ1) is 24.4. The summed E-state index contributed by atoms with van der Waals surface area (Å²) in [5.41, 5.74) is 0.334. The van der Waals surface area contributed by atoms with E-state index in [0.29, 0.717) is 16.9 Å². The van der Waals surface area contributed by atoms with Crippen LogP contribution in [-0.4, -0.2) is 46.3 Å². The van der Waals surface area contributed by atoms with Gasteiger partial charge in [-0.05, 0) is 31.0 Å². The van der Waals surface area contributed by atoms with Gasteiger partial charge >= 0.3 is 12.0 Å². The van der Waals surface area contributed by atoms with E-state index in [1.807, 2.05) is 0 Å². The van der Waals surface area contributed by atoms with E-state index >= 15 is 0 Å². The summed E-state index contributed by atoms with van der Waals surface area (Å²) in [6.07, 6.45) is 7.02. The fourth-order valence-corrected chi connectivity index (χ4v) is 6.53. The fraction of sp³-hybridized carbons (Fsp3) is 0.273. The maximum Gasteiger partial charge on any atom is 0.325 e. The number of amides is 2. The summed E-state index contributed by atoms with van der Waals surface area (Å²) in [4.78, 5) is 48.7. The molecule has 0 aromatic carbocycles. The normalized spacial score (nSPS) is 13.9. The minimum Gasteiger partial charge on any atom is -0.481 e. The largest absolute Gasteiger partial charge is 0.481 e. The molecule has 3 aromatic heterocycles. The van der Waals surface area contributed by atoms with Gasteiger partial charge in [0, 0.05) is 24.5 Å². The topological polar surface area (TPSA) is 168 Å². The number of hydrogen-bond donors (Lipinski definition) is 3. The van der Waals surface area contributed by atoms with Crippen molar-refractivity contribution in [2.75, 3.05) is 10.6 Å². The van der Waals surface area contributed by atoms with E-state index in [1.165, 1.54) is 36.8 Å². The number of Topliss-reactive ketones (excluding diaryl/α,β-unsaturated/α-hetero) is 1. The number of anilines is 2. The number of sulfone groups is 1. The monoisotopic (exact) mass is 515 g/mol. The number of carbonyl (C=O) groups is 3. The first-order valence-corrected chi connectivity index (χ1v) is 13.0. The van der Waals surface area contributed by atoms with Gasteiger partial charge in [0.2, 0.25) is 9.84 Å². The number of thiazole rings is 1. The predicted octanol–water partition coefficient (Wildman–Crippen LogP) is 3.41. The Labute approximate surface area is 204 Å². The van der Waals surface area contributed by atoms with Crippen molar-refractivity contribution in [3.8, 4) is 0 Å². The predicted molar refractivity (Wildman–Crippen MR) is 126 cm³/mol. The highest BCUT2D eigenvalue weighted by Gasteiger charge is 2.29. The van der Waals surface area contributed by atoms with E-state index in [1.54, 1.807) is 6.07 Å². The molecule has 3 aromatic rings. The molecule has 0 saturated heterocycles. The zero-order valence-corrected chi connectivity index (χ0v) is 19.9. The Hall–Kier alpha value is -3.71. The molecule has 0 spiro atoms. The second kappa shape index (κ2) is 10.3. The third-order valence-electron chi connectivity index (χ3n) is 5.42. The lowest BCUT2D eigenvalue weighted by molar-refractivity contribution is -0.136. The minimum absolute atomic E-state index is 0.0902. The van der Waals surface area contributed by atoms with Crippen LogP contribution < -0.4 is 10.6 Å². The van der Waals surface area contributed by atoms with Crippen molar-refractivity contribution in [1.82, 2.24) is 15.0 Å². The summed E-state index contributed by atoms with van der Waals surface area (Å²) in [6.45, 7) is 0. The van der Waals surface area contributed by atoms with E-state index in [-0.39, 0.29) is 37.4 Å². The van der Waals surface area contributed by atoms with Crippen molar-refractivity contribution in [2.45, 2.75) is 41.3 Å². The number of aliphatic carboxylic acids is 1. The van der Waals surface area contributed by atoms with Crippen LogP contribution >= 0.6 is 11.3 Å². The average molecular weight is 516 g/mol. The zero-order valence-electron chi connectivity index (χ0n) is 18.3. The number of carbonyl (C=O) groups excluding carboxylic acids is 2. The molecule has 1 aliphatic rings. The molecule has 1 aliphatic carbocycles. The van der Waals surface area contributed by atoms with E-state index in [2.05, 4.69) is 25.6 Å². The van der Waals surface area contributed by atoms with Crippen LogP contribution in [0.15, 0.2) is 52.1 Å². The standard InChI is InChI=1S/C22H21N5O6S2/c28-18(29)11-16-20(35(32,33)17-7-3-4-9-24-17)34-22(26-16)27-21(31)25-15-8-10-23-12-14(15)19(30)13-5-1-2-6-13/h3-4,7-10,12-13H,1-2,5-6,11H2,(H,28,29)(H2,23,25,26,27,31). The van der Waals surface area contributed by atoms with E-state index in [9.17, 15) is 27.9 Å². The second-order valence-electron chi connectivity index (χ2n) is 7.84. The van der Waals surface area contributed by atoms with Crippen molar-refractivity contribution in [2.24, 2.45) is 5.92 Å². The van der Waals surface area contributed by atoms with Crippen LogP contribution in [0.1, 0.15) is 41.7 Å². The van der Waals surface area contributed by atoms with Crippen LogP contribution in [0.25, 0.3) is 0 Å². The molecular weight excluding hydrogens is 494 g/mol. The van der Waals surface area contributed by atoms with Crippen molar-refractivity contribution in [1.29, 1.82) is 0 Å². The first-order valence-electron chi connectivity index (χ1n) is 10.7. The van der Waals surface area contributed by atoms with Gasteiger partial charge in [-0.3, -0.25) is 19.9 Å². The lowest BCUT2D eigenvalue weighted by Gasteiger charge is -2.13. The molecule has 2 amide bonds. The van der Waals surface area contributed by atoms with Crippen molar-refractivity contribution >= 4 is 49.8 Å². The molecule has 0 bridgehead atoms. The van der Waals surface area contributed by atoms with Crippen molar-refractivity contribution < 1.29 is 27.9 Å². The average Bonchev–Trinajstić information content (AvgIpc) is 3.50. The first-order chi connectivity index (χ1) is 16.8. The lowest BCUT2D eigenvalue weighted by Crippen LogP contribution is -2.22. The lowest BCUT2D eigenvalue weighted by atomic mass is 9.96. The fourth-order valence-electron chi connectivity index (χ4n) is 3.82. The molecule has 1 fully saturated rings. The van der Waals surface area contributed by atoms with Crippen LogP contribution in [0.2, 0.25) is 0 Å². The Balaban J connectivity index is 1.57. The SMILES string of the molecule is O=C(O)Cc1nc(NC(=O)Nc2ccncc2C(=O)C2CCCC2)sc1S(=O)(=O)c1ccccn1. The maximum atomic E-state index is 13.0. The van der Waals surface area contributed by atoms with Gasteiger partial charge in [-0.2, -0.15) is 0 Å². The number of ketones is 1. The molecule has 3 N–H and O–H groups in total. The Morgan fingerprint density at radius 1 is 1.09 bits per heavy atom. The zero-order chi connectivity index (χ0) is 25.0. The summed E-state index contributed by atoms with van der Waals surface area (Å²) in [5, 5.41) is 13.8. The number of carboxylic acids is 1. The molecule has 11 nitrogen and oxygen atoms in total. The van der Waals surface area contributed by atoms with Crippen molar-refractivity contribution in [3.05, 3.63) is 54.1 Å². The number of pyridine rings is 2. The third-order valence-corrected chi connectivity index (χ3v) is 8.65. The molecule has 4 rings (SSSR count). The molecule has 0 atom stereocenters. The summed E-state index contributed by atoms with van der Waals surface area (Å²) in [7, 11) is -4.16. The van der Waals surface area contributed by atoms with Crippen LogP contribution in [0.5, 0.6) is 0 Å². The van der Waals surface area contributed by atoms with Gasteiger partial charge in [-0.1, -0.05) is 30.2 Å². The van der Waals surface area contributed by atoms with E-state index in [0.717, 1.165) is 25.7 Å². The molecule has 182 valence electrons. The van der Waals surface area contributed by atoms with Crippen LogP contribution in [0, 0.1) is 5.92 Å². The molecule has 35 heavy (non-hydrogen) atoms. The molecule has 13 heteroatoms. The minimum atomic E-state index is -4.16. The Bertz CT molecular complexity index is 1370. The smallest absolute Gasteiger partial charge is 0.325 e. The van der Waals surface area contributed by atoms with Crippen LogP contribution in [0.3, 0.4) is 0 Å². The highest BCUT2D eigenvalue weighted by molar-refractivity contribution is 7.93. The molecule has 0 aliphatic heterocycles. The number of urea groups is 1. The Morgan fingerprint density at radius 2 is 1.86 bits per heavy atom. The second-order valence-corrected chi connectivity index (χ2v) is 10.9.